The van der Waals surface area contributed by atoms with E-state index in [9.17, 15) is 31.2 Å². The lowest BCUT2D eigenvalue weighted by atomic mass is 9.81. The lowest BCUT2D eigenvalue weighted by Gasteiger charge is -2.35. The number of aromatic nitrogens is 1. The van der Waals surface area contributed by atoms with Crippen molar-refractivity contribution < 1.29 is 35.3 Å². The first-order valence-corrected chi connectivity index (χ1v) is 15.0. The van der Waals surface area contributed by atoms with Gasteiger partial charge >= 0.3 is 6.18 Å². The van der Waals surface area contributed by atoms with Crippen molar-refractivity contribution in [1.29, 1.82) is 0 Å². The predicted octanol–water partition coefficient (Wildman–Crippen LogP) is 5.39. The van der Waals surface area contributed by atoms with Crippen molar-refractivity contribution in [1.82, 2.24) is 15.2 Å². The molecule has 0 aromatic carbocycles. The van der Waals surface area contributed by atoms with Crippen LogP contribution in [0.3, 0.4) is 0 Å². The molecule has 1 N–H and O–H groups in total. The number of nitrogens with zero attached hydrogens (tertiary/aromatic N) is 2. The number of hydrogen-bond donors (Lipinski definition) is 1. The molecule has 1 unspecified atom stereocenters. The minimum Gasteiger partial charge on any atom is -0.346 e. The molecular weight excluding hydrogens is 539 g/mol. The highest BCUT2D eigenvalue weighted by Gasteiger charge is 2.44. The molecule has 2 aliphatic rings. The number of carbonyl (C=O) groups excluding carboxylic acids is 2. The molecular formula is C26H32F3N3O4S2. The number of carbonyl (C=O) groups is 2. The van der Waals surface area contributed by atoms with Crippen LogP contribution < -0.4 is 5.32 Å². The van der Waals surface area contributed by atoms with Crippen molar-refractivity contribution in [2.75, 3.05) is 12.3 Å². The molecule has 1 saturated carbocycles. The van der Waals surface area contributed by atoms with Crippen LogP contribution >= 0.6 is 11.3 Å². The Morgan fingerprint density at radius 3 is 2.58 bits per heavy atom. The Morgan fingerprint density at radius 2 is 2.00 bits per heavy atom. The fourth-order valence-electron chi connectivity index (χ4n) is 5.09. The third-order valence-electron chi connectivity index (χ3n) is 7.29. The second-order valence-corrected chi connectivity index (χ2v) is 13.3. The quantitative estimate of drug-likeness (QED) is 0.456. The molecule has 2 aromatic heterocycles. The molecule has 0 bridgehead atoms. The van der Waals surface area contributed by atoms with E-state index in [1.807, 2.05) is 0 Å². The molecule has 1 aliphatic heterocycles. The highest BCUT2D eigenvalue weighted by Crippen LogP contribution is 2.46. The largest absolute Gasteiger partial charge is 0.391 e. The molecule has 2 aromatic rings. The van der Waals surface area contributed by atoms with Crippen LogP contribution in [0.25, 0.3) is 0 Å². The minimum atomic E-state index is -4.25. The van der Waals surface area contributed by atoms with Gasteiger partial charge in [0.05, 0.1) is 45.3 Å². The molecule has 7 nitrogen and oxygen atoms in total. The SMILES string of the molecule is [2H]C([2H])([2H])C(C)[C@H]1c2sc(C(=O)NCc3ccc(S(=O)(=O)CC)cn3)cc2C(=O)N1CC1CCC(C(F)(F)F)CC1. The monoisotopic (exact) mass is 574 g/mol. The van der Waals surface area contributed by atoms with E-state index in [-0.39, 0.29) is 52.9 Å². The van der Waals surface area contributed by atoms with E-state index in [4.69, 9.17) is 4.11 Å². The second-order valence-electron chi connectivity index (χ2n) is 9.91. The third-order valence-corrected chi connectivity index (χ3v) is 10.2. The van der Waals surface area contributed by atoms with Gasteiger partial charge in [-0.05, 0) is 55.7 Å². The normalized spacial score (nSPS) is 24.3. The van der Waals surface area contributed by atoms with Crippen LogP contribution in [0, 0.1) is 17.8 Å². The Balaban J connectivity index is 1.48. The average Bonchev–Trinajstić information content (AvgIpc) is 3.45. The molecule has 12 heteroatoms. The van der Waals surface area contributed by atoms with Crippen LogP contribution in [0.5, 0.6) is 0 Å². The first kappa shape index (κ1) is 24.6. The van der Waals surface area contributed by atoms with Crippen molar-refractivity contribution >= 4 is 33.0 Å². The van der Waals surface area contributed by atoms with Gasteiger partial charge in [-0.3, -0.25) is 14.6 Å². The van der Waals surface area contributed by atoms with Gasteiger partial charge in [0.1, 0.15) is 0 Å². The summed E-state index contributed by atoms with van der Waals surface area (Å²) < 4.78 is 87.2. The highest BCUT2D eigenvalue weighted by molar-refractivity contribution is 7.91. The summed E-state index contributed by atoms with van der Waals surface area (Å²) in [6, 6.07) is 3.51. The zero-order valence-corrected chi connectivity index (χ0v) is 22.7. The molecule has 0 saturated heterocycles. The molecule has 208 valence electrons. The van der Waals surface area contributed by atoms with E-state index >= 15 is 0 Å². The standard InChI is InChI=1S/C26H32F3N3O4S2/c1-4-38(35,36)19-10-9-18(30-13-19)12-31-24(33)21-11-20-23(37-21)22(15(2)3)32(25(20)34)14-16-5-7-17(8-6-16)26(27,28)29/h9-11,13,15-17,22H,4-8,12,14H2,1-3H3,(H,31,33)/t16?,17?,22-/m0/s1/i2D3/t15?,16?,17?,22-. The van der Waals surface area contributed by atoms with Gasteiger partial charge in [0.25, 0.3) is 11.8 Å². The number of thiophene rings is 1. The number of rotatable bonds is 8. The maximum Gasteiger partial charge on any atom is 0.391 e. The molecule has 3 heterocycles. The van der Waals surface area contributed by atoms with Gasteiger partial charge < -0.3 is 10.2 Å². The Kier molecular flexibility index (Phi) is 7.08. The van der Waals surface area contributed by atoms with Crippen LogP contribution in [-0.2, 0) is 16.4 Å². The van der Waals surface area contributed by atoms with Crippen LogP contribution in [0.2, 0.25) is 0 Å². The van der Waals surface area contributed by atoms with E-state index in [1.54, 1.807) is 0 Å². The van der Waals surface area contributed by atoms with Crippen molar-refractivity contribution in [2.45, 2.75) is 70.0 Å². The van der Waals surface area contributed by atoms with Crippen molar-refractivity contribution in [3.8, 4) is 0 Å². The van der Waals surface area contributed by atoms with Gasteiger partial charge in [0.15, 0.2) is 9.84 Å². The van der Waals surface area contributed by atoms with Crippen LogP contribution in [0.4, 0.5) is 13.2 Å². The molecule has 4 rings (SSSR count). The lowest BCUT2D eigenvalue weighted by Crippen LogP contribution is -2.37. The number of fused-ring (bicyclic) bond motifs is 1. The number of halogens is 3. The number of sulfone groups is 1. The number of pyridine rings is 1. The Hall–Kier alpha value is -2.47. The highest BCUT2D eigenvalue weighted by atomic mass is 32.2. The molecule has 2 amide bonds. The van der Waals surface area contributed by atoms with Crippen LogP contribution in [0.15, 0.2) is 29.3 Å². The second kappa shape index (κ2) is 11.0. The van der Waals surface area contributed by atoms with E-state index < -0.39 is 52.6 Å². The number of hydrogen-bond acceptors (Lipinski definition) is 6. The molecule has 2 atom stereocenters. The van der Waals surface area contributed by atoms with Gasteiger partial charge in [0.2, 0.25) is 0 Å². The summed E-state index contributed by atoms with van der Waals surface area (Å²) >= 11 is 1.03. The number of nitrogens with one attached hydrogen (secondary N) is 1. The maximum atomic E-state index is 13.5. The summed E-state index contributed by atoms with van der Waals surface area (Å²) in [6.07, 6.45) is -2.47. The summed E-state index contributed by atoms with van der Waals surface area (Å²) in [5, 5.41) is 2.69. The van der Waals surface area contributed by atoms with Crippen molar-refractivity contribution in [2.24, 2.45) is 17.8 Å². The predicted molar refractivity (Wildman–Crippen MR) is 138 cm³/mol. The molecule has 1 fully saturated rings. The Labute approximate surface area is 229 Å². The van der Waals surface area contributed by atoms with Gasteiger partial charge in [0, 0.05) is 21.7 Å². The van der Waals surface area contributed by atoms with E-state index in [0.717, 1.165) is 11.3 Å². The molecule has 0 radical (unpaired) electrons. The first-order chi connectivity index (χ1) is 19.0. The van der Waals surface area contributed by atoms with Gasteiger partial charge in [-0.15, -0.1) is 11.3 Å². The summed E-state index contributed by atoms with van der Waals surface area (Å²) in [5.74, 6) is -3.48. The Morgan fingerprint density at radius 1 is 1.29 bits per heavy atom. The molecule has 38 heavy (non-hydrogen) atoms. The number of alkyl halides is 3. The Bertz CT molecular complexity index is 1390. The van der Waals surface area contributed by atoms with Crippen molar-refractivity contribution in [3.63, 3.8) is 0 Å². The van der Waals surface area contributed by atoms with Crippen molar-refractivity contribution in [3.05, 3.63) is 45.4 Å². The first-order valence-electron chi connectivity index (χ1n) is 14.0. The maximum absolute atomic E-state index is 13.5. The smallest absolute Gasteiger partial charge is 0.346 e. The fourth-order valence-corrected chi connectivity index (χ4v) is 7.20. The average molecular weight is 575 g/mol. The van der Waals surface area contributed by atoms with Gasteiger partial charge in [-0.1, -0.05) is 20.7 Å². The molecule has 1 aliphatic carbocycles. The number of amides is 2. The van der Waals surface area contributed by atoms with E-state index in [0.29, 0.717) is 23.4 Å². The fraction of sp³-hybridized carbons (Fsp3) is 0.577. The zero-order chi connectivity index (χ0) is 30.3. The topological polar surface area (TPSA) is 96.4 Å². The van der Waals surface area contributed by atoms with E-state index in [2.05, 4.69) is 10.3 Å². The zero-order valence-electron chi connectivity index (χ0n) is 24.0. The summed E-state index contributed by atoms with van der Waals surface area (Å²) in [7, 11) is -3.41. The molecule has 0 spiro atoms. The minimum absolute atomic E-state index is 0.00360. The summed E-state index contributed by atoms with van der Waals surface area (Å²) in [5.41, 5.74) is 0.659. The van der Waals surface area contributed by atoms with Gasteiger partial charge in [-0.2, -0.15) is 13.2 Å². The summed E-state index contributed by atoms with van der Waals surface area (Å²) in [4.78, 5) is 32.7. The third kappa shape index (κ3) is 5.90. The van der Waals surface area contributed by atoms with Crippen LogP contribution in [-0.4, -0.2) is 48.6 Å². The lowest BCUT2D eigenvalue weighted by molar-refractivity contribution is -0.184. The van der Waals surface area contributed by atoms with Crippen LogP contribution in [0.1, 0.15) is 87.1 Å². The van der Waals surface area contributed by atoms with Gasteiger partial charge in [-0.25, -0.2) is 8.42 Å². The summed E-state index contributed by atoms with van der Waals surface area (Å²) in [6.45, 7) is 0.795. The van der Waals surface area contributed by atoms with E-state index in [1.165, 1.54) is 43.1 Å².